The van der Waals surface area contributed by atoms with Crippen molar-refractivity contribution < 1.29 is 9.13 Å². The summed E-state index contributed by atoms with van der Waals surface area (Å²) in [6, 6.07) is 6.66. The second-order valence-corrected chi connectivity index (χ2v) is 4.65. The van der Waals surface area contributed by atoms with Gasteiger partial charge in [-0.25, -0.2) is 4.39 Å². The van der Waals surface area contributed by atoms with E-state index in [2.05, 4.69) is 12.2 Å². The minimum atomic E-state index is -0.180. The minimum absolute atomic E-state index is 0.159. The highest BCUT2D eigenvalue weighted by Crippen LogP contribution is 2.20. The normalized spacial score (nSPS) is 19.6. The average molecular weight is 223 g/mol. The molecule has 2 nitrogen and oxygen atoms in total. The van der Waals surface area contributed by atoms with Crippen LogP contribution in [0.3, 0.4) is 0 Å². The third-order valence-electron chi connectivity index (χ3n) is 3.23. The molecule has 0 spiro atoms. The average Bonchev–Trinajstić information content (AvgIpc) is 2.29. The largest absolute Gasteiger partial charge is 0.381 e. The summed E-state index contributed by atoms with van der Waals surface area (Å²) >= 11 is 0. The molecule has 1 fully saturated rings. The van der Waals surface area contributed by atoms with Gasteiger partial charge in [-0.15, -0.1) is 0 Å². The Hall–Kier alpha value is -0.930. The molecule has 0 radical (unpaired) electrons. The van der Waals surface area contributed by atoms with E-state index >= 15 is 0 Å². The molecule has 1 saturated heterocycles. The Balaban J connectivity index is 1.88. The number of hydrogen-bond acceptors (Lipinski definition) is 2. The predicted octanol–water partition coefficient (Wildman–Crippen LogP) is 2.48. The van der Waals surface area contributed by atoms with Crippen molar-refractivity contribution in [2.75, 3.05) is 13.2 Å². The van der Waals surface area contributed by atoms with Gasteiger partial charge < -0.3 is 10.1 Å². The highest BCUT2D eigenvalue weighted by atomic mass is 19.1. The molecule has 0 unspecified atom stereocenters. The first-order chi connectivity index (χ1) is 7.68. The first-order valence-electron chi connectivity index (χ1n) is 5.75. The monoisotopic (exact) mass is 223 g/mol. The van der Waals surface area contributed by atoms with Gasteiger partial charge in [-0.1, -0.05) is 12.1 Å². The van der Waals surface area contributed by atoms with Crippen LogP contribution in [0.4, 0.5) is 4.39 Å². The maximum Gasteiger partial charge on any atom is 0.123 e. The van der Waals surface area contributed by atoms with Crippen LogP contribution in [0.2, 0.25) is 0 Å². The number of nitrogens with one attached hydrogen (secondary N) is 1. The molecule has 0 bridgehead atoms. The smallest absolute Gasteiger partial charge is 0.123 e. The highest BCUT2D eigenvalue weighted by molar-refractivity contribution is 5.16. The topological polar surface area (TPSA) is 21.3 Å². The van der Waals surface area contributed by atoms with Crippen LogP contribution in [0, 0.1) is 5.82 Å². The molecule has 1 N–H and O–H groups in total. The zero-order valence-electron chi connectivity index (χ0n) is 9.63. The number of rotatable bonds is 3. The summed E-state index contributed by atoms with van der Waals surface area (Å²) in [5, 5.41) is 3.53. The second kappa shape index (κ2) is 4.93. The first kappa shape index (κ1) is 11.6. The van der Waals surface area contributed by atoms with Crippen molar-refractivity contribution in [3.63, 3.8) is 0 Å². The van der Waals surface area contributed by atoms with E-state index in [0.29, 0.717) is 0 Å². The van der Waals surface area contributed by atoms with E-state index in [4.69, 9.17) is 4.74 Å². The van der Waals surface area contributed by atoms with Crippen LogP contribution in [0.15, 0.2) is 24.3 Å². The van der Waals surface area contributed by atoms with Crippen LogP contribution in [0.25, 0.3) is 0 Å². The standard InChI is InChI=1S/C13H18FNO/c1-13(6-8-16-9-7-13)15-10-11-2-4-12(14)5-3-11/h2-5,15H,6-10H2,1H3. The van der Waals surface area contributed by atoms with E-state index in [9.17, 15) is 4.39 Å². The molecule has 1 aliphatic rings. The quantitative estimate of drug-likeness (QED) is 0.850. The van der Waals surface area contributed by atoms with Gasteiger partial charge >= 0.3 is 0 Å². The van der Waals surface area contributed by atoms with Gasteiger partial charge in [-0.3, -0.25) is 0 Å². The summed E-state index contributed by atoms with van der Waals surface area (Å²) in [6.45, 7) is 4.66. The van der Waals surface area contributed by atoms with Crippen LogP contribution in [0.1, 0.15) is 25.3 Å². The molecule has 3 heteroatoms. The summed E-state index contributed by atoms with van der Waals surface area (Å²) in [5.41, 5.74) is 1.28. The minimum Gasteiger partial charge on any atom is -0.381 e. The van der Waals surface area contributed by atoms with E-state index in [1.807, 2.05) is 12.1 Å². The molecular weight excluding hydrogens is 205 g/mol. The Kier molecular flexibility index (Phi) is 3.56. The SMILES string of the molecule is CC1(NCc2ccc(F)cc2)CCOCC1. The summed E-state index contributed by atoms with van der Waals surface area (Å²) in [4.78, 5) is 0. The Morgan fingerprint density at radius 2 is 1.88 bits per heavy atom. The lowest BCUT2D eigenvalue weighted by Gasteiger charge is -2.34. The van der Waals surface area contributed by atoms with E-state index < -0.39 is 0 Å². The van der Waals surface area contributed by atoms with Gasteiger partial charge in [0.1, 0.15) is 5.82 Å². The number of benzene rings is 1. The molecule has 0 aliphatic carbocycles. The van der Waals surface area contributed by atoms with Crippen molar-refractivity contribution in [2.45, 2.75) is 31.8 Å². The van der Waals surface area contributed by atoms with Crippen LogP contribution >= 0.6 is 0 Å². The van der Waals surface area contributed by atoms with Crippen molar-refractivity contribution in [3.05, 3.63) is 35.6 Å². The van der Waals surface area contributed by atoms with E-state index in [1.165, 1.54) is 12.1 Å². The molecule has 1 aliphatic heterocycles. The maximum absolute atomic E-state index is 12.7. The van der Waals surface area contributed by atoms with Crippen LogP contribution < -0.4 is 5.32 Å². The molecule has 0 atom stereocenters. The van der Waals surface area contributed by atoms with Gasteiger partial charge in [0.15, 0.2) is 0 Å². The Labute approximate surface area is 95.8 Å². The summed E-state index contributed by atoms with van der Waals surface area (Å²) in [5.74, 6) is -0.180. The predicted molar refractivity (Wildman–Crippen MR) is 61.7 cm³/mol. The van der Waals surface area contributed by atoms with E-state index in [1.54, 1.807) is 0 Å². The van der Waals surface area contributed by atoms with Gasteiger partial charge in [-0.05, 0) is 37.5 Å². The molecule has 1 heterocycles. The molecule has 0 amide bonds. The summed E-state index contributed by atoms with van der Waals surface area (Å²) < 4.78 is 18.1. The van der Waals surface area contributed by atoms with Gasteiger partial charge in [0.2, 0.25) is 0 Å². The highest BCUT2D eigenvalue weighted by Gasteiger charge is 2.26. The van der Waals surface area contributed by atoms with Crippen molar-refractivity contribution >= 4 is 0 Å². The molecule has 2 rings (SSSR count). The first-order valence-corrected chi connectivity index (χ1v) is 5.75. The third kappa shape index (κ3) is 3.03. The number of ether oxygens (including phenoxy) is 1. The van der Waals surface area contributed by atoms with Crippen LogP contribution in [-0.2, 0) is 11.3 Å². The fourth-order valence-electron chi connectivity index (χ4n) is 1.92. The third-order valence-corrected chi connectivity index (χ3v) is 3.23. The van der Waals surface area contributed by atoms with Gasteiger partial charge in [0, 0.05) is 25.3 Å². The van der Waals surface area contributed by atoms with Crippen LogP contribution in [0.5, 0.6) is 0 Å². The Bertz CT molecular complexity index is 330. The molecule has 0 aromatic heterocycles. The van der Waals surface area contributed by atoms with Gasteiger partial charge in [0.25, 0.3) is 0 Å². The second-order valence-electron chi connectivity index (χ2n) is 4.65. The van der Waals surface area contributed by atoms with Crippen LogP contribution in [-0.4, -0.2) is 18.8 Å². The van der Waals surface area contributed by atoms with Crippen molar-refractivity contribution in [1.29, 1.82) is 0 Å². The maximum atomic E-state index is 12.7. The lowest BCUT2D eigenvalue weighted by Crippen LogP contribution is -2.46. The summed E-state index contributed by atoms with van der Waals surface area (Å²) in [6.07, 6.45) is 2.07. The zero-order valence-corrected chi connectivity index (χ0v) is 9.63. The zero-order chi connectivity index (χ0) is 11.4. The van der Waals surface area contributed by atoms with Gasteiger partial charge in [0.05, 0.1) is 0 Å². The van der Waals surface area contributed by atoms with E-state index in [0.717, 1.165) is 38.2 Å². The number of halogens is 1. The van der Waals surface area contributed by atoms with Crippen molar-refractivity contribution in [1.82, 2.24) is 5.32 Å². The Morgan fingerprint density at radius 1 is 1.25 bits per heavy atom. The molecule has 88 valence electrons. The lowest BCUT2D eigenvalue weighted by molar-refractivity contribution is 0.0446. The molecule has 1 aromatic carbocycles. The molecule has 1 aromatic rings. The fraction of sp³-hybridized carbons (Fsp3) is 0.538. The fourth-order valence-corrected chi connectivity index (χ4v) is 1.92. The lowest BCUT2D eigenvalue weighted by atomic mass is 9.92. The van der Waals surface area contributed by atoms with Gasteiger partial charge in [-0.2, -0.15) is 0 Å². The van der Waals surface area contributed by atoms with Crippen molar-refractivity contribution in [2.24, 2.45) is 0 Å². The van der Waals surface area contributed by atoms with E-state index in [-0.39, 0.29) is 11.4 Å². The molecule has 0 saturated carbocycles. The van der Waals surface area contributed by atoms with Crippen molar-refractivity contribution in [3.8, 4) is 0 Å². The summed E-state index contributed by atoms with van der Waals surface area (Å²) in [7, 11) is 0. The Morgan fingerprint density at radius 3 is 2.50 bits per heavy atom. The molecule has 16 heavy (non-hydrogen) atoms. The number of hydrogen-bond donors (Lipinski definition) is 1. The molecular formula is C13H18FNO.